The van der Waals surface area contributed by atoms with Crippen LogP contribution in [0, 0.1) is 5.41 Å². The van der Waals surface area contributed by atoms with Crippen molar-refractivity contribution in [3.05, 3.63) is 0 Å². The van der Waals surface area contributed by atoms with Crippen LogP contribution in [0.5, 0.6) is 0 Å². The normalized spacial score (nSPS) is 17.0. The molecule has 0 saturated heterocycles. The topological polar surface area (TPSA) is 39.7 Å². The second kappa shape index (κ2) is 9.73. The lowest BCUT2D eigenvalue weighted by molar-refractivity contribution is 0.0254. The average molecular weight is 259 g/mol. The maximum Gasteiger partial charge on any atom is 0.0701 e. The van der Waals surface area contributed by atoms with Crippen LogP contribution in [0.25, 0.3) is 0 Å². The minimum atomic E-state index is 0.637. The molecular formula is C14H29NO3. The summed E-state index contributed by atoms with van der Waals surface area (Å²) in [6.07, 6.45) is 5.48. The Hall–Kier alpha value is -0.160. The van der Waals surface area contributed by atoms with Gasteiger partial charge in [0.1, 0.15) is 0 Å². The van der Waals surface area contributed by atoms with Gasteiger partial charge in [-0.1, -0.05) is 13.3 Å². The summed E-state index contributed by atoms with van der Waals surface area (Å²) in [7, 11) is 1.68. The molecule has 0 unspecified atom stereocenters. The third kappa shape index (κ3) is 7.31. The molecule has 0 aliphatic heterocycles. The number of ether oxygens (including phenoxy) is 3. The van der Waals surface area contributed by atoms with Crippen molar-refractivity contribution in [2.45, 2.75) is 32.6 Å². The van der Waals surface area contributed by atoms with Crippen molar-refractivity contribution in [1.29, 1.82) is 0 Å². The molecule has 1 fully saturated rings. The van der Waals surface area contributed by atoms with Gasteiger partial charge in [-0.15, -0.1) is 0 Å². The molecule has 0 heterocycles. The minimum Gasteiger partial charge on any atom is -0.382 e. The first-order valence-corrected chi connectivity index (χ1v) is 7.18. The first-order chi connectivity index (χ1) is 8.83. The fourth-order valence-electron chi connectivity index (χ4n) is 2.18. The lowest BCUT2D eigenvalue weighted by Crippen LogP contribution is -2.27. The molecule has 1 aliphatic carbocycles. The first kappa shape index (κ1) is 15.9. The lowest BCUT2D eigenvalue weighted by atomic mass is 10.0. The second-order valence-electron chi connectivity index (χ2n) is 5.14. The maximum atomic E-state index is 5.48. The molecule has 0 aromatic carbocycles. The standard InChI is InChI=1S/C14H29NO3/c1-3-4-14(5-6-14)13-15-7-8-17-11-12-18-10-9-16-2/h15H,3-13H2,1-2H3. The Labute approximate surface area is 111 Å². The lowest BCUT2D eigenvalue weighted by Gasteiger charge is -2.14. The number of rotatable bonds is 13. The van der Waals surface area contributed by atoms with Crippen LogP contribution in [-0.4, -0.2) is 53.2 Å². The Balaban J connectivity index is 1.76. The van der Waals surface area contributed by atoms with Crippen LogP contribution in [0.1, 0.15) is 32.6 Å². The first-order valence-electron chi connectivity index (χ1n) is 7.18. The Morgan fingerprint density at radius 1 is 1.00 bits per heavy atom. The van der Waals surface area contributed by atoms with Crippen molar-refractivity contribution in [3.63, 3.8) is 0 Å². The van der Waals surface area contributed by atoms with Crippen LogP contribution in [0.4, 0.5) is 0 Å². The molecule has 0 atom stereocenters. The van der Waals surface area contributed by atoms with Crippen LogP contribution in [0.15, 0.2) is 0 Å². The van der Waals surface area contributed by atoms with E-state index in [-0.39, 0.29) is 0 Å². The van der Waals surface area contributed by atoms with Gasteiger partial charge in [-0.05, 0) is 24.7 Å². The van der Waals surface area contributed by atoms with E-state index in [4.69, 9.17) is 14.2 Å². The van der Waals surface area contributed by atoms with Gasteiger partial charge in [0.25, 0.3) is 0 Å². The van der Waals surface area contributed by atoms with Crippen LogP contribution < -0.4 is 5.32 Å². The number of methoxy groups -OCH3 is 1. The minimum absolute atomic E-state index is 0.637. The van der Waals surface area contributed by atoms with E-state index in [2.05, 4.69) is 12.2 Å². The predicted octanol–water partition coefficient (Wildman–Crippen LogP) is 1.84. The van der Waals surface area contributed by atoms with E-state index in [1.807, 2.05) is 0 Å². The molecule has 0 aromatic heterocycles. The van der Waals surface area contributed by atoms with Gasteiger partial charge in [-0.3, -0.25) is 0 Å². The summed E-state index contributed by atoms with van der Waals surface area (Å²) in [4.78, 5) is 0. The largest absolute Gasteiger partial charge is 0.382 e. The molecule has 0 aromatic rings. The Bertz CT molecular complexity index is 195. The fourth-order valence-corrected chi connectivity index (χ4v) is 2.18. The van der Waals surface area contributed by atoms with Crippen molar-refractivity contribution in [3.8, 4) is 0 Å². The molecule has 1 N–H and O–H groups in total. The molecule has 0 spiro atoms. The monoisotopic (exact) mass is 259 g/mol. The summed E-state index contributed by atoms with van der Waals surface area (Å²) >= 11 is 0. The van der Waals surface area contributed by atoms with Crippen LogP contribution in [-0.2, 0) is 14.2 Å². The summed E-state index contributed by atoms with van der Waals surface area (Å²) in [5, 5.41) is 3.50. The summed E-state index contributed by atoms with van der Waals surface area (Å²) in [6.45, 7) is 7.79. The second-order valence-corrected chi connectivity index (χ2v) is 5.14. The van der Waals surface area contributed by atoms with Gasteiger partial charge in [0.15, 0.2) is 0 Å². The molecule has 108 valence electrons. The number of hydrogen-bond acceptors (Lipinski definition) is 4. The van der Waals surface area contributed by atoms with Crippen molar-refractivity contribution < 1.29 is 14.2 Å². The molecule has 1 aliphatic rings. The molecule has 0 bridgehead atoms. The smallest absolute Gasteiger partial charge is 0.0701 e. The predicted molar refractivity (Wildman–Crippen MR) is 73.0 cm³/mol. The van der Waals surface area contributed by atoms with E-state index in [0.29, 0.717) is 31.8 Å². The third-order valence-electron chi connectivity index (χ3n) is 3.46. The third-order valence-corrected chi connectivity index (χ3v) is 3.46. The zero-order chi connectivity index (χ0) is 13.1. The van der Waals surface area contributed by atoms with E-state index in [1.165, 1.54) is 25.7 Å². The van der Waals surface area contributed by atoms with E-state index < -0.39 is 0 Å². The summed E-state index contributed by atoms with van der Waals surface area (Å²) < 4.78 is 15.7. The van der Waals surface area contributed by atoms with Gasteiger partial charge in [-0.25, -0.2) is 0 Å². The molecule has 0 radical (unpaired) electrons. The highest BCUT2D eigenvalue weighted by Crippen LogP contribution is 2.48. The molecule has 4 nitrogen and oxygen atoms in total. The van der Waals surface area contributed by atoms with E-state index in [1.54, 1.807) is 7.11 Å². The Morgan fingerprint density at radius 3 is 2.28 bits per heavy atom. The molecular weight excluding hydrogens is 230 g/mol. The highest BCUT2D eigenvalue weighted by atomic mass is 16.5. The summed E-state index contributed by atoms with van der Waals surface area (Å²) in [6, 6.07) is 0. The van der Waals surface area contributed by atoms with E-state index in [0.717, 1.165) is 19.7 Å². The average Bonchev–Trinajstić information content (AvgIpc) is 3.12. The molecule has 1 rings (SSSR count). The van der Waals surface area contributed by atoms with Crippen molar-refractivity contribution in [2.24, 2.45) is 5.41 Å². The molecule has 18 heavy (non-hydrogen) atoms. The zero-order valence-corrected chi connectivity index (χ0v) is 12.0. The van der Waals surface area contributed by atoms with Gasteiger partial charge < -0.3 is 19.5 Å². The van der Waals surface area contributed by atoms with Gasteiger partial charge >= 0.3 is 0 Å². The van der Waals surface area contributed by atoms with Crippen molar-refractivity contribution in [1.82, 2.24) is 5.32 Å². The van der Waals surface area contributed by atoms with Gasteiger partial charge in [-0.2, -0.15) is 0 Å². The summed E-state index contributed by atoms with van der Waals surface area (Å²) in [5.74, 6) is 0. The van der Waals surface area contributed by atoms with Gasteiger partial charge in [0.05, 0.1) is 33.0 Å². The van der Waals surface area contributed by atoms with Crippen molar-refractivity contribution in [2.75, 3.05) is 53.2 Å². The van der Waals surface area contributed by atoms with Gasteiger partial charge in [0, 0.05) is 20.2 Å². The molecule has 4 heteroatoms. The van der Waals surface area contributed by atoms with Crippen molar-refractivity contribution >= 4 is 0 Å². The highest BCUT2D eigenvalue weighted by molar-refractivity contribution is 4.94. The maximum absolute atomic E-state index is 5.48. The number of hydrogen-bond donors (Lipinski definition) is 1. The fraction of sp³-hybridized carbons (Fsp3) is 1.00. The zero-order valence-electron chi connectivity index (χ0n) is 12.0. The SMILES string of the molecule is CCCC1(CNCCOCCOCCOC)CC1. The highest BCUT2D eigenvalue weighted by Gasteiger charge is 2.40. The molecule has 1 saturated carbocycles. The quantitative estimate of drug-likeness (QED) is 0.512. The van der Waals surface area contributed by atoms with E-state index >= 15 is 0 Å². The number of nitrogens with one attached hydrogen (secondary N) is 1. The Morgan fingerprint density at radius 2 is 1.67 bits per heavy atom. The van der Waals surface area contributed by atoms with Crippen LogP contribution >= 0.6 is 0 Å². The molecule has 0 amide bonds. The van der Waals surface area contributed by atoms with Crippen LogP contribution in [0.3, 0.4) is 0 Å². The Kier molecular flexibility index (Phi) is 8.59. The summed E-state index contributed by atoms with van der Waals surface area (Å²) in [5.41, 5.74) is 0.637. The van der Waals surface area contributed by atoms with E-state index in [9.17, 15) is 0 Å². The van der Waals surface area contributed by atoms with Crippen LogP contribution in [0.2, 0.25) is 0 Å². The van der Waals surface area contributed by atoms with Gasteiger partial charge in [0.2, 0.25) is 0 Å².